The molecule has 1 unspecified atom stereocenters. The van der Waals surface area contributed by atoms with E-state index in [1.165, 1.54) is 0 Å². The van der Waals surface area contributed by atoms with Crippen LogP contribution in [0, 0.1) is 0 Å². The number of benzene rings is 2. The summed E-state index contributed by atoms with van der Waals surface area (Å²) in [7, 11) is 1.67. The van der Waals surface area contributed by atoms with E-state index in [1.54, 1.807) is 7.11 Å². The van der Waals surface area contributed by atoms with Crippen LogP contribution in [0.2, 0.25) is 0 Å². The average molecular weight is 351 g/mol. The minimum absolute atomic E-state index is 0. The van der Waals surface area contributed by atoms with Gasteiger partial charge < -0.3 is 20.1 Å². The molecule has 0 radical (unpaired) electrons. The number of hydrogen-bond donors (Lipinski definition) is 1. The number of rotatable bonds is 4. The van der Waals surface area contributed by atoms with Gasteiger partial charge in [-0.2, -0.15) is 0 Å². The Balaban J connectivity index is 0.00000208. The zero-order valence-corrected chi connectivity index (χ0v) is 14.6. The van der Waals surface area contributed by atoms with Crippen molar-refractivity contribution in [3.05, 3.63) is 42.0 Å². The van der Waals surface area contributed by atoms with Gasteiger partial charge in [-0.1, -0.05) is 18.2 Å². The standard InChI is InChI=1S/C18H22N2O3.ClH/c1-22-16-5-4-13-10-15(3-2-14(13)11-16)17-12-20(8-9-23-17)18(21)6-7-19;/h2-5,10-11,17H,6-9,12,19H2,1H3;1H. The minimum atomic E-state index is -0.0861. The highest BCUT2D eigenvalue weighted by Crippen LogP contribution is 2.28. The summed E-state index contributed by atoms with van der Waals surface area (Å²) in [6.45, 7) is 2.17. The molecule has 6 heteroatoms. The second kappa shape index (κ2) is 8.33. The number of methoxy groups -OCH3 is 1. The van der Waals surface area contributed by atoms with E-state index < -0.39 is 0 Å². The monoisotopic (exact) mass is 350 g/mol. The predicted octanol–water partition coefficient (Wildman–Crippen LogP) is 2.52. The van der Waals surface area contributed by atoms with Gasteiger partial charge in [0.25, 0.3) is 0 Å². The molecule has 2 N–H and O–H groups in total. The number of halogens is 1. The summed E-state index contributed by atoms with van der Waals surface area (Å²) in [4.78, 5) is 13.9. The van der Waals surface area contributed by atoms with Gasteiger partial charge in [-0.3, -0.25) is 4.79 Å². The fraction of sp³-hybridized carbons (Fsp3) is 0.389. The first-order chi connectivity index (χ1) is 11.2. The van der Waals surface area contributed by atoms with E-state index >= 15 is 0 Å². The number of carbonyl (C=O) groups is 1. The molecule has 1 aliphatic rings. The van der Waals surface area contributed by atoms with Crippen LogP contribution in [0.5, 0.6) is 5.75 Å². The Labute approximate surface area is 148 Å². The number of morpholine rings is 1. The van der Waals surface area contributed by atoms with Crippen molar-refractivity contribution < 1.29 is 14.3 Å². The number of nitrogens with two attached hydrogens (primary N) is 1. The molecule has 0 aromatic heterocycles. The predicted molar refractivity (Wildman–Crippen MR) is 96.7 cm³/mol. The molecule has 0 spiro atoms. The van der Waals surface area contributed by atoms with E-state index in [2.05, 4.69) is 18.2 Å². The highest BCUT2D eigenvalue weighted by atomic mass is 35.5. The first-order valence-corrected chi connectivity index (χ1v) is 7.88. The van der Waals surface area contributed by atoms with Crippen LogP contribution in [0.15, 0.2) is 36.4 Å². The van der Waals surface area contributed by atoms with Gasteiger partial charge in [-0.05, 0) is 34.5 Å². The largest absolute Gasteiger partial charge is 0.497 e. The molecule has 3 rings (SSSR count). The first-order valence-electron chi connectivity index (χ1n) is 7.88. The number of hydrogen-bond acceptors (Lipinski definition) is 4. The molecule has 0 aliphatic carbocycles. The Bertz CT molecular complexity index is 708. The quantitative estimate of drug-likeness (QED) is 0.920. The molecule has 1 amide bonds. The maximum atomic E-state index is 12.0. The van der Waals surface area contributed by atoms with Gasteiger partial charge in [0, 0.05) is 19.5 Å². The summed E-state index contributed by atoms with van der Waals surface area (Å²) in [5.74, 6) is 0.948. The lowest BCUT2D eigenvalue weighted by Crippen LogP contribution is -2.42. The average Bonchev–Trinajstić information content (AvgIpc) is 2.61. The maximum absolute atomic E-state index is 12.0. The van der Waals surface area contributed by atoms with Gasteiger partial charge in [-0.15, -0.1) is 12.4 Å². The zero-order chi connectivity index (χ0) is 16.2. The summed E-state index contributed by atoms with van der Waals surface area (Å²) in [6.07, 6.45) is 0.307. The SMILES string of the molecule is COc1ccc2cc(C3CN(C(=O)CCN)CCO3)ccc2c1.Cl. The molecule has 24 heavy (non-hydrogen) atoms. The van der Waals surface area contributed by atoms with Crippen LogP contribution < -0.4 is 10.5 Å². The van der Waals surface area contributed by atoms with Gasteiger partial charge in [0.05, 0.1) is 20.3 Å². The molecule has 130 valence electrons. The van der Waals surface area contributed by atoms with E-state index in [-0.39, 0.29) is 24.4 Å². The number of nitrogens with zero attached hydrogens (tertiary/aromatic N) is 1. The number of fused-ring (bicyclic) bond motifs is 1. The second-order valence-electron chi connectivity index (χ2n) is 5.71. The summed E-state index contributed by atoms with van der Waals surface area (Å²) in [6, 6.07) is 12.2. The molecule has 5 nitrogen and oxygen atoms in total. The smallest absolute Gasteiger partial charge is 0.224 e. The molecule has 1 atom stereocenters. The molecular formula is C18H23ClN2O3. The van der Waals surface area contributed by atoms with Crippen molar-refractivity contribution in [3.8, 4) is 5.75 Å². The normalized spacial score (nSPS) is 17.4. The molecule has 2 aromatic carbocycles. The van der Waals surface area contributed by atoms with E-state index in [0.29, 0.717) is 32.7 Å². The van der Waals surface area contributed by atoms with Crippen LogP contribution in [-0.2, 0) is 9.53 Å². The summed E-state index contributed by atoms with van der Waals surface area (Å²) in [5, 5.41) is 2.26. The Morgan fingerprint density at radius 2 is 2.04 bits per heavy atom. The number of carbonyl (C=O) groups excluding carboxylic acids is 1. The van der Waals surface area contributed by atoms with Crippen LogP contribution in [0.1, 0.15) is 18.1 Å². The summed E-state index contributed by atoms with van der Waals surface area (Å²) >= 11 is 0. The lowest BCUT2D eigenvalue weighted by molar-refractivity contribution is -0.138. The first kappa shape index (κ1) is 18.5. The highest BCUT2D eigenvalue weighted by molar-refractivity contribution is 5.85. The number of amides is 1. The van der Waals surface area contributed by atoms with E-state index in [9.17, 15) is 4.79 Å². The van der Waals surface area contributed by atoms with Crippen molar-refractivity contribution in [1.29, 1.82) is 0 Å². The van der Waals surface area contributed by atoms with Crippen LogP contribution >= 0.6 is 12.4 Å². The Kier molecular flexibility index (Phi) is 6.43. The van der Waals surface area contributed by atoms with Crippen molar-refractivity contribution in [2.45, 2.75) is 12.5 Å². The topological polar surface area (TPSA) is 64.8 Å². The Morgan fingerprint density at radius 1 is 1.29 bits per heavy atom. The van der Waals surface area contributed by atoms with E-state index in [0.717, 1.165) is 22.1 Å². The second-order valence-corrected chi connectivity index (χ2v) is 5.71. The van der Waals surface area contributed by atoms with Gasteiger partial charge in [0.2, 0.25) is 5.91 Å². The third-order valence-corrected chi connectivity index (χ3v) is 4.22. The van der Waals surface area contributed by atoms with E-state index in [4.69, 9.17) is 15.2 Å². The summed E-state index contributed by atoms with van der Waals surface area (Å²) < 4.78 is 11.1. The molecule has 1 aliphatic heterocycles. The van der Waals surface area contributed by atoms with E-state index in [1.807, 2.05) is 23.1 Å². The highest BCUT2D eigenvalue weighted by Gasteiger charge is 2.25. The molecular weight excluding hydrogens is 328 g/mol. The molecule has 2 aromatic rings. The van der Waals surface area contributed by atoms with Gasteiger partial charge in [-0.25, -0.2) is 0 Å². The Morgan fingerprint density at radius 3 is 2.79 bits per heavy atom. The van der Waals surface area contributed by atoms with Crippen LogP contribution in [0.25, 0.3) is 10.8 Å². The maximum Gasteiger partial charge on any atom is 0.224 e. The third kappa shape index (κ3) is 3.98. The van der Waals surface area contributed by atoms with Crippen LogP contribution in [-0.4, -0.2) is 44.2 Å². The van der Waals surface area contributed by atoms with Crippen molar-refractivity contribution in [3.63, 3.8) is 0 Å². The van der Waals surface area contributed by atoms with Gasteiger partial charge >= 0.3 is 0 Å². The Hall–Kier alpha value is -1.82. The molecule has 1 saturated heterocycles. The van der Waals surface area contributed by atoms with Crippen molar-refractivity contribution in [1.82, 2.24) is 4.90 Å². The lowest BCUT2D eigenvalue weighted by atomic mass is 10.0. The van der Waals surface area contributed by atoms with Crippen LogP contribution in [0.3, 0.4) is 0 Å². The molecule has 1 fully saturated rings. The van der Waals surface area contributed by atoms with Crippen molar-refractivity contribution in [2.24, 2.45) is 5.73 Å². The minimum Gasteiger partial charge on any atom is -0.497 e. The fourth-order valence-corrected chi connectivity index (χ4v) is 2.93. The zero-order valence-electron chi connectivity index (χ0n) is 13.7. The van der Waals surface area contributed by atoms with Gasteiger partial charge in [0.15, 0.2) is 0 Å². The fourth-order valence-electron chi connectivity index (χ4n) is 2.93. The molecule has 0 saturated carbocycles. The van der Waals surface area contributed by atoms with Crippen molar-refractivity contribution in [2.75, 3.05) is 33.4 Å². The third-order valence-electron chi connectivity index (χ3n) is 4.22. The van der Waals surface area contributed by atoms with Crippen LogP contribution in [0.4, 0.5) is 0 Å². The lowest BCUT2D eigenvalue weighted by Gasteiger charge is -2.33. The molecule has 1 heterocycles. The van der Waals surface area contributed by atoms with Gasteiger partial charge in [0.1, 0.15) is 11.9 Å². The molecule has 0 bridgehead atoms. The van der Waals surface area contributed by atoms with Crippen molar-refractivity contribution >= 4 is 29.1 Å². The summed E-state index contributed by atoms with van der Waals surface area (Å²) in [5.41, 5.74) is 6.57. The number of ether oxygens (including phenoxy) is 2.